The molecule has 0 saturated heterocycles. The van der Waals surface area contributed by atoms with E-state index in [0.717, 1.165) is 0 Å². The van der Waals surface area contributed by atoms with Crippen LogP contribution in [0.3, 0.4) is 0 Å². The summed E-state index contributed by atoms with van der Waals surface area (Å²) in [6, 6.07) is 0.163. The highest BCUT2D eigenvalue weighted by atomic mass is 79.9. The molecule has 2 heterocycles. The minimum atomic E-state index is 0.163. The molecule has 2 nitrogen and oxygen atoms in total. The van der Waals surface area contributed by atoms with Crippen LogP contribution in [0.2, 0.25) is 0 Å². The maximum atomic E-state index is 4.39. The van der Waals surface area contributed by atoms with Crippen LogP contribution < -0.4 is 5.32 Å². The molecule has 0 saturated carbocycles. The number of aryl methyl sites for hydroxylation is 2. The van der Waals surface area contributed by atoms with Gasteiger partial charge in [-0.15, -0.1) is 11.3 Å². The van der Waals surface area contributed by atoms with Crippen LogP contribution in [0, 0.1) is 13.8 Å². The van der Waals surface area contributed by atoms with Gasteiger partial charge in [0.25, 0.3) is 0 Å². The first-order valence-electron chi connectivity index (χ1n) is 4.40. The van der Waals surface area contributed by atoms with Crippen molar-refractivity contribution < 1.29 is 0 Å². The van der Waals surface area contributed by atoms with Crippen LogP contribution in [0.4, 0.5) is 0 Å². The first-order valence-corrected chi connectivity index (χ1v) is 6.01. The summed E-state index contributed by atoms with van der Waals surface area (Å²) in [4.78, 5) is 7.04. The van der Waals surface area contributed by atoms with E-state index in [1.54, 1.807) is 6.34 Å². The summed E-state index contributed by atoms with van der Waals surface area (Å²) in [7, 11) is 0. The Kier molecular flexibility index (Phi) is 2.74. The number of nitrogens with zero attached hydrogens (tertiary/aromatic N) is 1. The summed E-state index contributed by atoms with van der Waals surface area (Å²) in [5.74, 6) is 0. The topological polar surface area (TPSA) is 24.4 Å². The lowest BCUT2D eigenvalue weighted by atomic mass is 10.1. The van der Waals surface area contributed by atoms with E-state index in [2.05, 4.69) is 46.2 Å². The molecule has 1 aliphatic rings. The Balaban J connectivity index is 2.44. The molecular formula is C10H11BrN2S. The number of rotatable bonds is 1. The van der Waals surface area contributed by atoms with Gasteiger partial charge in [0.05, 0.1) is 12.4 Å². The SMILES string of the molecule is Cc1sc(C)c([C@H]2C=CNC=N2)c1Br. The van der Waals surface area contributed by atoms with Crippen molar-refractivity contribution in [2.75, 3.05) is 0 Å². The molecule has 14 heavy (non-hydrogen) atoms. The monoisotopic (exact) mass is 270 g/mol. The molecule has 1 atom stereocenters. The van der Waals surface area contributed by atoms with E-state index in [1.165, 1.54) is 19.8 Å². The highest BCUT2D eigenvalue weighted by molar-refractivity contribution is 9.10. The predicted octanol–water partition coefficient (Wildman–Crippen LogP) is 3.31. The molecule has 0 radical (unpaired) electrons. The smallest absolute Gasteiger partial charge is 0.0986 e. The van der Waals surface area contributed by atoms with Gasteiger partial charge in [0.1, 0.15) is 0 Å². The van der Waals surface area contributed by atoms with Gasteiger partial charge in [-0.1, -0.05) is 0 Å². The molecule has 0 unspecified atom stereocenters. The van der Waals surface area contributed by atoms with Gasteiger partial charge in [-0.2, -0.15) is 0 Å². The maximum Gasteiger partial charge on any atom is 0.0986 e. The summed E-state index contributed by atoms with van der Waals surface area (Å²) >= 11 is 5.43. The fourth-order valence-electron chi connectivity index (χ4n) is 1.55. The second-order valence-corrected chi connectivity index (χ2v) is 5.41. The van der Waals surface area contributed by atoms with Gasteiger partial charge in [-0.05, 0) is 35.9 Å². The Bertz CT molecular complexity index is 394. The molecule has 74 valence electrons. The summed E-state index contributed by atoms with van der Waals surface area (Å²) in [6.07, 6.45) is 5.74. The Labute approximate surface area is 95.9 Å². The molecule has 0 aromatic carbocycles. The highest BCUT2D eigenvalue weighted by Gasteiger charge is 2.18. The van der Waals surface area contributed by atoms with E-state index < -0.39 is 0 Å². The molecule has 1 aromatic heterocycles. The second-order valence-electron chi connectivity index (χ2n) is 3.19. The normalized spacial score (nSPS) is 19.8. The van der Waals surface area contributed by atoms with E-state index in [4.69, 9.17) is 0 Å². The van der Waals surface area contributed by atoms with Gasteiger partial charge in [0.2, 0.25) is 0 Å². The van der Waals surface area contributed by atoms with Gasteiger partial charge in [-0.3, -0.25) is 4.99 Å². The maximum absolute atomic E-state index is 4.39. The van der Waals surface area contributed by atoms with Crippen molar-refractivity contribution in [1.29, 1.82) is 0 Å². The third-order valence-electron chi connectivity index (χ3n) is 2.21. The van der Waals surface area contributed by atoms with E-state index in [1.807, 2.05) is 17.5 Å². The second kappa shape index (κ2) is 3.87. The molecule has 0 bridgehead atoms. The largest absolute Gasteiger partial charge is 0.353 e. The molecule has 0 amide bonds. The van der Waals surface area contributed by atoms with Crippen molar-refractivity contribution in [1.82, 2.24) is 5.32 Å². The van der Waals surface area contributed by atoms with Crippen LogP contribution in [0.1, 0.15) is 21.4 Å². The lowest BCUT2D eigenvalue weighted by Gasteiger charge is -2.11. The summed E-state index contributed by atoms with van der Waals surface area (Å²) in [6.45, 7) is 4.27. The number of aliphatic imine (C=N–C) groups is 1. The molecule has 4 heteroatoms. The quantitative estimate of drug-likeness (QED) is 0.832. The van der Waals surface area contributed by atoms with Crippen LogP contribution >= 0.6 is 27.3 Å². The Morgan fingerprint density at radius 2 is 2.21 bits per heavy atom. The van der Waals surface area contributed by atoms with Crippen LogP contribution in [-0.4, -0.2) is 6.34 Å². The molecule has 1 aromatic rings. The standard InChI is InChI=1S/C10H11BrN2S/c1-6-9(10(11)7(2)14-6)8-3-4-12-5-13-8/h3-5,8H,1-2H3,(H,12,13)/t8-/m1/s1. The van der Waals surface area contributed by atoms with Crippen LogP contribution in [0.15, 0.2) is 21.7 Å². The van der Waals surface area contributed by atoms with Crippen molar-refractivity contribution in [3.8, 4) is 0 Å². The fourth-order valence-corrected chi connectivity index (χ4v) is 3.44. The van der Waals surface area contributed by atoms with Crippen molar-refractivity contribution in [2.45, 2.75) is 19.9 Å². The van der Waals surface area contributed by atoms with Crippen LogP contribution in [0.25, 0.3) is 0 Å². The first kappa shape index (κ1) is 9.93. The van der Waals surface area contributed by atoms with Gasteiger partial charge in [0, 0.05) is 26.0 Å². The number of hydrogen-bond donors (Lipinski definition) is 1. The summed E-state index contributed by atoms with van der Waals surface area (Å²) in [5.41, 5.74) is 1.29. The molecule has 1 N–H and O–H groups in total. The number of nitrogens with one attached hydrogen (secondary N) is 1. The van der Waals surface area contributed by atoms with Crippen LogP contribution in [-0.2, 0) is 0 Å². The Hall–Kier alpha value is -0.610. The van der Waals surface area contributed by atoms with Gasteiger partial charge in [0.15, 0.2) is 0 Å². The lowest BCUT2D eigenvalue weighted by Crippen LogP contribution is -2.09. The van der Waals surface area contributed by atoms with Crippen molar-refractivity contribution >= 4 is 33.6 Å². The predicted molar refractivity (Wildman–Crippen MR) is 65.0 cm³/mol. The average molecular weight is 271 g/mol. The molecular weight excluding hydrogens is 260 g/mol. The lowest BCUT2D eigenvalue weighted by molar-refractivity contribution is 0.876. The van der Waals surface area contributed by atoms with Crippen molar-refractivity contribution in [2.24, 2.45) is 4.99 Å². The van der Waals surface area contributed by atoms with E-state index in [0.29, 0.717) is 0 Å². The average Bonchev–Trinajstić information content (AvgIpc) is 2.43. The third kappa shape index (κ3) is 1.64. The highest BCUT2D eigenvalue weighted by Crippen LogP contribution is 2.38. The summed E-state index contributed by atoms with van der Waals surface area (Å²) in [5, 5.41) is 2.95. The van der Waals surface area contributed by atoms with Crippen molar-refractivity contribution in [3.05, 3.63) is 32.1 Å². The van der Waals surface area contributed by atoms with Crippen LogP contribution in [0.5, 0.6) is 0 Å². The minimum Gasteiger partial charge on any atom is -0.353 e. The van der Waals surface area contributed by atoms with Crippen molar-refractivity contribution in [3.63, 3.8) is 0 Å². The number of thiophene rings is 1. The zero-order chi connectivity index (χ0) is 10.1. The fraction of sp³-hybridized carbons (Fsp3) is 0.300. The molecule has 0 spiro atoms. The third-order valence-corrected chi connectivity index (χ3v) is 4.53. The zero-order valence-corrected chi connectivity index (χ0v) is 10.4. The number of hydrogen-bond acceptors (Lipinski definition) is 3. The summed E-state index contributed by atoms with van der Waals surface area (Å²) < 4.78 is 1.20. The van der Waals surface area contributed by atoms with E-state index >= 15 is 0 Å². The molecule has 1 aliphatic heterocycles. The van der Waals surface area contributed by atoms with Gasteiger partial charge >= 0.3 is 0 Å². The van der Waals surface area contributed by atoms with Gasteiger partial charge < -0.3 is 5.32 Å². The first-order chi connectivity index (χ1) is 6.70. The van der Waals surface area contributed by atoms with Gasteiger partial charge in [-0.25, -0.2) is 0 Å². The van der Waals surface area contributed by atoms with E-state index in [9.17, 15) is 0 Å². The Morgan fingerprint density at radius 3 is 2.71 bits per heavy atom. The molecule has 0 aliphatic carbocycles. The number of halogens is 1. The van der Waals surface area contributed by atoms with E-state index in [-0.39, 0.29) is 6.04 Å². The zero-order valence-electron chi connectivity index (χ0n) is 8.04. The molecule has 2 rings (SSSR count). The molecule has 0 fully saturated rings. The minimum absolute atomic E-state index is 0.163. The Morgan fingerprint density at radius 1 is 1.43 bits per heavy atom.